The molecule has 1 saturated carbocycles. The van der Waals surface area contributed by atoms with Crippen molar-refractivity contribution in [2.45, 2.75) is 61.9 Å². The first-order valence-electron chi connectivity index (χ1n) is 14.3. The molecule has 8 heteroatoms. The van der Waals surface area contributed by atoms with Gasteiger partial charge in [0, 0.05) is 57.7 Å². The zero-order valence-electron chi connectivity index (χ0n) is 23.1. The lowest BCUT2D eigenvalue weighted by Gasteiger charge is -2.39. The lowest BCUT2D eigenvalue weighted by atomic mass is 9.88. The van der Waals surface area contributed by atoms with Crippen LogP contribution in [-0.2, 0) is 10.0 Å². The molecule has 1 aliphatic heterocycles. The van der Waals surface area contributed by atoms with Gasteiger partial charge in [0.2, 0.25) is 16.0 Å². The van der Waals surface area contributed by atoms with Crippen LogP contribution in [-0.4, -0.2) is 72.9 Å². The summed E-state index contributed by atoms with van der Waals surface area (Å²) in [5, 5.41) is 0. The Hall–Kier alpha value is -2.81. The van der Waals surface area contributed by atoms with Crippen LogP contribution in [0.25, 0.3) is 0 Å². The number of aromatic nitrogens is 2. The number of rotatable bonds is 10. The fourth-order valence-corrected chi connectivity index (χ4v) is 7.93. The highest BCUT2D eigenvalue weighted by atomic mass is 32.2. The van der Waals surface area contributed by atoms with Gasteiger partial charge in [-0.2, -0.15) is 4.31 Å². The van der Waals surface area contributed by atoms with Crippen molar-refractivity contribution in [1.82, 2.24) is 19.2 Å². The molecule has 3 aromatic rings. The lowest BCUT2D eigenvalue weighted by molar-refractivity contribution is 0.173. The molecule has 208 valence electrons. The van der Waals surface area contributed by atoms with Crippen LogP contribution in [0.15, 0.2) is 84.0 Å². The minimum Gasteiger partial charge on any atom is -0.338 e. The van der Waals surface area contributed by atoms with E-state index in [1.54, 1.807) is 35.6 Å². The highest BCUT2D eigenvalue weighted by Gasteiger charge is 2.41. The van der Waals surface area contributed by atoms with Gasteiger partial charge in [-0.25, -0.2) is 18.4 Å². The van der Waals surface area contributed by atoms with E-state index in [9.17, 15) is 8.42 Å². The molecule has 0 bridgehead atoms. The molecule has 1 aliphatic carbocycles. The van der Waals surface area contributed by atoms with Gasteiger partial charge in [0.1, 0.15) is 0 Å². The van der Waals surface area contributed by atoms with E-state index in [-0.39, 0.29) is 6.04 Å². The molecule has 2 aliphatic rings. The maximum atomic E-state index is 13.4. The molecule has 0 spiro atoms. The van der Waals surface area contributed by atoms with Gasteiger partial charge in [0.05, 0.1) is 4.90 Å². The molecule has 3 atom stereocenters. The Morgan fingerprint density at radius 1 is 0.872 bits per heavy atom. The summed E-state index contributed by atoms with van der Waals surface area (Å²) in [6, 6.07) is 21.8. The average molecular weight is 548 g/mol. The summed E-state index contributed by atoms with van der Waals surface area (Å²) in [5.74, 6) is 1.59. The van der Waals surface area contributed by atoms with E-state index in [1.807, 2.05) is 24.5 Å². The number of nitrogens with zero attached hydrogens (tertiary/aromatic N) is 5. The van der Waals surface area contributed by atoms with Crippen molar-refractivity contribution in [3.8, 4) is 0 Å². The van der Waals surface area contributed by atoms with E-state index < -0.39 is 10.0 Å². The number of hydrogen-bond acceptors (Lipinski definition) is 6. The number of sulfonamides is 1. The molecule has 7 nitrogen and oxygen atoms in total. The van der Waals surface area contributed by atoms with E-state index in [1.165, 1.54) is 5.56 Å². The predicted octanol–water partition coefficient (Wildman–Crippen LogP) is 5.04. The van der Waals surface area contributed by atoms with Gasteiger partial charge in [0.25, 0.3) is 0 Å². The number of piperidine rings is 1. The summed E-state index contributed by atoms with van der Waals surface area (Å²) in [6.07, 6.45) is 8.63. The van der Waals surface area contributed by atoms with E-state index in [0.717, 1.165) is 64.2 Å². The van der Waals surface area contributed by atoms with Gasteiger partial charge in [0.15, 0.2) is 0 Å². The lowest BCUT2D eigenvalue weighted by Crippen LogP contribution is -2.47. The van der Waals surface area contributed by atoms with Crippen LogP contribution in [0.3, 0.4) is 0 Å². The molecular weight excluding hydrogens is 506 g/mol. The SMILES string of the molecule is CCCN(c1ncccn1)C1CCN(CC2CC(N(C)S(=O)(=O)c3ccccc3)CC2c2ccccc2)CC1. The number of hydrogen-bond donors (Lipinski definition) is 0. The van der Waals surface area contributed by atoms with Gasteiger partial charge in [-0.3, -0.25) is 0 Å². The Morgan fingerprint density at radius 3 is 2.15 bits per heavy atom. The second-order valence-corrected chi connectivity index (χ2v) is 13.0. The zero-order chi connectivity index (χ0) is 27.2. The van der Waals surface area contributed by atoms with Crippen LogP contribution in [0.1, 0.15) is 50.5 Å². The molecule has 0 amide bonds. The molecule has 5 rings (SSSR count). The molecule has 39 heavy (non-hydrogen) atoms. The van der Waals surface area contributed by atoms with Crippen LogP contribution in [0, 0.1) is 5.92 Å². The van der Waals surface area contributed by atoms with Crippen molar-refractivity contribution in [3.05, 3.63) is 84.7 Å². The van der Waals surface area contributed by atoms with Gasteiger partial charge < -0.3 is 9.80 Å². The van der Waals surface area contributed by atoms with Crippen LogP contribution in [0.5, 0.6) is 0 Å². The third-order valence-corrected chi connectivity index (χ3v) is 10.5. The Morgan fingerprint density at radius 2 is 1.51 bits per heavy atom. The number of anilines is 1. The maximum absolute atomic E-state index is 13.4. The second-order valence-electron chi connectivity index (χ2n) is 11.0. The van der Waals surface area contributed by atoms with Crippen LogP contribution in [0.4, 0.5) is 5.95 Å². The predicted molar refractivity (Wildman–Crippen MR) is 156 cm³/mol. The molecule has 2 heterocycles. The van der Waals surface area contributed by atoms with E-state index in [2.05, 4.69) is 57.0 Å². The van der Waals surface area contributed by atoms with Gasteiger partial charge >= 0.3 is 0 Å². The van der Waals surface area contributed by atoms with E-state index in [4.69, 9.17) is 0 Å². The topological polar surface area (TPSA) is 69.6 Å². The Bertz CT molecular complexity index is 1270. The van der Waals surface area contributed by atoms with Crippen molar-refractivity contribution in [2.75, 3.05) is 38.1 Å². The standard InChI is InChI=1S/C31H41N5O2S/c1-3-19-36(31-32-17-10-18-33-31)27-15-20-35(21-16-27)24-26-22-28(23-30(26)25-11-6-4-7-12-25)34(2)39(37,38)29-13-8-5-9-14-29/h4-14,17-18,26-28,30H,3,15-16,19-24H2,1-2H3. The van der Waals surface area contributed by atoms with Crippen LogP contribution in [0.2, 0.25) is 0 Å². The molecule has 3 unspecified atom stereocenters. The van der Waals surface area contributed by atoms with E-state index >= 15 is 0 Å². The number of likely N-dealkylation sites (tertiary alicyclic amines) is 1. The zero-order valence-corrected chi connectivity index (χ0v) is 24.0. The highest BCUT2D eigenvalue weighted by Crippen LogP contribution is 2.43. The van der Waals surface area contributed by atoms with Crippen molar-refractivity contribution < 1.29 is 8.42 Å². The average Bonchev–Trinajstić information content (AvgIpc) is 3.41. The first-order valence-corrected chi connectivity index (χ1v) is 15.8. The van der Waals surface area contributed by atoms with Gasteiger partial charge in [-0.05, 0) is 67.7 Å². The quantitative estimate of drug-likeness (QED) is 0.354. The minimum atomic E-state index is -3.53. The number of benzene rings is 2. The van der Waals surface area contributed by atoms with Crippen molar-refractivity contribution in [3.63, 3.8) is 0 Å². The molecule has 1 saturated heterocycles. The van der Waals surface area contributed by atoms with Crippen LogP contribution >= 0.6 is 0 Å². The molecule has 1 aromatic heterocycles. The first-order chi connectivity index (χ1) is 19.0. The van der Waals surface area contributed by atoms with Gasteiger partial charge in [-0.1, -0.05) is 55.5 Å². The van der Waals surface area contributed by atoms with Crippen molar-refractivity contribution >= 4 is 16.0 Å². The normalized spacial score (nSPS) is 22.8. The van der Waals surface area contributed by atoms with Gasteiger partial charge in [-0.15, -0.1) is 0 Å². The Kier molecular flexibility index (Phi) is 8.95. The minimum absolute atomic E-state index is 0.0155. The smallest absolute Gasteiger partial charge is 0.243 e. The monoisotopic (exact) mass is 547 g/mol. The van der Waals surface area contributed by atoms with E-state index in [0.29, 0.717) is 22.8 Å². The molecular formula is C31H41N5O2S. The summed E-state index contributed by atoms with van der Waals surface area (Å²) in [6.45, 7) is 6.26. The van der Waals surface area contributed by atoms with Crippen LogP contribution < -0.4 is 4.90 Å². The summed E-state index contributed by atoms with van der Waals surface area (Å²) >= 11 is 0. The summed E-state index contributed by atoms with van der Waals surface area (Å²) < 4.78 is 28.5. The third kappa shape index (κ3) is 6.34. The summed E-state index contributed by atoms with van der Waals surface area (Å²) in [4.78, 5) is 14.4. The maximum Gasteiger partial charge on any atom is 0.243 e. The molecule has 0 radical (unpaired) electrons. The summed E-state index contributed by atoms with van der Waals surface area (Å²) in [5.41, 5.74) is 1.32. The molecule has 2 aromatic carbocycles. The van der Waals surface area contributed by atoms with Crippen molar-refractivity contribution in [1.29, 1.82) is 0 Å². The second kappa shape index (κ2) is 12.6. The molecule has 2 fully saturated rings. The first kappa shape index (κ1) is 27.7. The Labute approximate surface area is 233 Å². The van der Waals surface area contributed by atoms with Crippen molar-refractivity contribution in [2.24, 2.45) is 5.92 Å². The molecule has 0 N–H and O–H groups in total. The summed E-state index contributed by atoms with van der Waals surface area (Å²) in [7, 11) is -1.77. The Balaban J connectivity index is 1.27. The largest absolute Gasteiger partial charge is 0.338 e. The fourth-order valence-electron chi connectivity index (χ4n) is 6.53. The third-order valence-electron chi connectivity index (χ3n) is 8.60. The highest BCUT2D eigenvalue weighted by molar-refractivity contribution is 7.89. The fraction of sp³-hybridized carbons (Fsp3) is 0.484.